The fourth-order valence-corrected chi connectivity index (χ4v) is 3.49. The van der Waals surface area contributed by atoms with E-state index in [-0.39, 0.29) is 22.3 Å². The van der Waals surface area contributed by atoms with Crippen LogP contribution in [0.15, 0.2) is 35.1 Å². The molecule has 2 N–H and O–H groups in total. The Labute approximate surface area is 145 Å². The van der Waals surface area contributed by atoms with E-state index in [2.05, 4.69) is 4.90 Å². The van der Waals surface area contributed by atoms with Crippen LogP contribution in [0.4, 0.5) is 4.39 Å². The van der Waals surface area contributed by atoms with Gasteiger partial charge in [-0.15, -0.1) is 0 Å². The van der Waals surface area contributed by atoms with Gasteiger partial charge in [-0.1, -0.05) is 11.6 Å². The van der Waals surface area contributed by atoms with E-state index in [0.29, 0.717) is 32.5 Å². The van der Waals surface area contributed by atoms with Gasteiger partial charge in [0.25, 0.3) is 0 Å². The van der Waals surface area contributed by atoms with Crippen molar-refractivity contribution in [3.8, 4) is 5.75 Å². The highest BCUT2D eigenvalue weighted by Crippen LogP contribution is 2.33. The maximum Gasteiger partial charge on any atom is 0.238 e. The number of sulfonamides is 1. The van der Waals surface area contributed by atoms with Gasteiger partial charge < -0.3 is 14.4 Å². The van der Waals surface area contributed by atoms with E-state index in [4.69, 9.17) is 26.2 Å². The second-order valence-corrected chi connectivity index (χ2v) is 7.95. The Morgan fingerprint density at radius 1 is 1.38 bits per heavy atom. The zero-order valence-electron chi connectivity index (χ0n) is 12.9. The first-order chi connectivity index (χ1) is 11.3. The van der Waals surface area contributed by atoms with E-state index in [1.807, 2.05) is 0 Å². The zero-order valence-corrected chi connectivity index (χ0v) is 14.4. The average Bonchev–Trinajstić information content (AvgIpc) is 2.46. The van der Waals surface area contributed by atoms with Crippen LogP contribution < -0.4 is 9.88 Å². The normalized spacial score (nSPS) is 20.0. The summed E-state index contributed by atoms with van der Waals surface area (Å²) in [4.78, 5) is 1.99. The van der Waals surface area contributed by atoms with Crippen LogP contribution in [-0.2, 0) is 14.8 Å². The summed E-state index contributed by atoms with van der Waals surface area (Å²) in [5.41, 5.74) is -0.344. The van der Waals surface area contributed by atoms with Crippen molar-refractivity contribution in [1.29, 1.82) is 0 Å². The van der Waals surface area contributed by atoms with Gasteiger partial charge in [0.15, 0.2) is 0 Å². The summed E-state index contributed by atoms with van der Waals surface area (Å²) in [6.07, 6.45) is 2.38. The standard InChI is InChI=1S/C15H18ClFN2O4S/c16-13-7-12(24(18,20)21)1-2-14(13)23-10-15(17)3-5-19(6-4-15)11-8-22-9-11/h1-2,7-8H,3-6,9-10H2,(H2,18,20,21). The molecule has 0 aromatic heterocycles. The van der Waals surface area contributed by atoms with Crippen LogP contribution in [-0.4, -0.2) is 45.3 Å². The van der Waals surface area contributed by atoms with Crippen molar-refractivity contribution in [2.45, 2.75) is 23.4 Å². The summed E-state index contributed by atoms with van der Waals surface area (Å²) >= 11 is 5.99. The molecule has 24 heavy (non-hydrogen) atoms. The maximum absolute atomic E-state index is 14.9. The first-order valence-corrected chi connectivity index (χ1v) is 9.39. The van der Waals surface area contributed by atoms with E-state index in [0.717, 1.165) is 5.70 Å². The highest BCUT2D eigenvalue weighted by molar-refractivity contribution is 7.89. The molecule has 1 fully saturated rings. The Morgan fingerprint density at radius 3 is 2.54 bits per heavy atom. The Morgan fingerprint density at radius 2 is 2.04 bits per heavy atom. The molecule has 0 unspecified atom stereocenters. The minimum Gasteiger partial charge on any atom is -0.493 e. The average molecular weight is 377 g/mol. The van der Waals surface area contributed by atoms with Gasteiger partial charge in [-0.25, -0.2) is 17.9 Å². The van der Waals surface area contributed by atoms with Gasteiger partial charge >= 0.3 is 0 Å². The maximum atomic E-state index is 14.9. The molecule has 0 radical (unpaired) electrons. The fourth-order valence-electron chi connectivity index (χ4n) is 2.65. The van der Waals surface area contributed by atoms with Crippen LogP contribution in [0.5, 0.6) is 5.75 Å². The molecule has 0 amide bonds. The minimum absolute atomic E-state index is 0.0827. The fraction of sp³-hybridized carbons (Fsp3) is 0.467. The minimum atomic E-state index is -3.84. The molecule has 0 aliphatic carbocycles. The van der Waals surface area contributed by atoms with Crippen molar-refractivity contribution in [2.75, 3.05) is 26.3 Å². The molecule has 0 spiro atoms. The summed E-state index contributed by atoms with van der Waals surface area (Å²) in [6.45, 7) is 1.66. The van der Waals surface area contributed by atoms with E-state index in [1.54, 1.807) is 6.26 Å². The zero-order chi connectivity index (χ0) is 17.4. The Hall–Kier alpha value is -1.51. The third-order valence-corrected chi connectivity index (χ3v) is 5.44. The van der Waals surface area contributed by atoms with Gasteiger partial charge in [-0.3, -0.25) is 0 Å². The predicted molar refractivity (Wildman–Crippen MR) is 87.0 cm³/mol. The molecule has 2 aliphatic heterocycles. The van der Waals surface area contributed by atoms with Crippen molar-refractivity contribution >= 4 is 21.6 Å². The summed E-state index contributed by atoms with van der Waals surface area (Å²) in [5.74, 6) is 0.235. The van der Waals surface area contributed by atoms with Crippen LogP contribution in [0.25, 0.3) is 0 Å². The van der Waals surface area contributed by atoms with Gasteiger partial charge in [0, 0.05) is 25.9 Å². The number of piperidine rings is 1. The monoisotopic (exact) mass is 376 g/mol. The lowest BCUT2D eigenvalue weighted by Gasteiger charge is -2.39. The number of primary sulfonamides is 1. The molecular formula is C15H18ClFN2O4S. The number of nitrogens with zero attached hydrogens (tertiary/aromatic N) is 1. The van der Waals surface area contributed by atoms with Crippen molar-refractivity contribution in [3.63, 3.8) is 0 Å². The lowest BCUT2D eigenvalue weighted by Crippen LogP contribution is -2.46. The van der Waals surface area contributed by atoms with Crippen LogP contribution in [0.3, 0.4) is 0 Å². The number of hydrogen-bond donors (Lipinski definition) is 1. The molecule has 2 aliphatic rings. The predicted octanol–water partition coefficient (Wildman–Crippen LogP) is 2.04. The lowest BCUT2D eigenvalue weighted by atomic mass is 9.94. The van der Waals surface area contributed by atoms with Crippen LogP contribution in [0, 0.1) is 0 Å². The number of nitrogens with two attached hydrogens (primary N) is 1. The second-order valence-electron chi connectivity index (χ2n) is 5.98. The first kappa shape index (κ1) is 17.3. The van der Waals surface area contributed by atoms with E-state index in [9.17, 15) is 12.8 Å². The Balaban J connectivity index is 1.59. The van der Waals surface area contributed by atoms with Crippen LogP contribution in [0.2, 0.25) is 5.02 Å². The van der Waals surface area contributed by atoms with Crippen molar-refractivity contribution in [1.82, 2.24) is 4.90 Å². The third-order valence-electron chi connectivity index (χ3n) is 4.23. The Kier molecular flexibility index (Phi) is 4.63. The second kappa shape index (κ2) is 6.42. The number of benzene rings is 1. The summed E-state index contributed by atoms with van der Waals surface area (Å²) in [5, 5.41) is 5.12. The molecular weight excluding hydrogens is 359 g/mol. The third kappa shape index (κ3) is 3.76. The van der Waals surface area contributed by atoms with Crippen molar-refractivity contribution in [2.24, 2.45) is 5.14 Å². The largest absolute Gasteiger partial charge is 0.493 e. The number of alkyl halides is 1. The summed E-state index contributed by atoms with van der Waals surface area (Å²) in [7, 11) is -3.84. The van der Waals surface area contributed by atoms with Crippen LogP contribution in [0.1, 0.15) is 12.8 Å². The van der Waals surface area contributed by atoms with Crippen molar-refractivity contribution in [3.05, 3.63) is 35.2 Å². The smallest absolute Gasteiger partial charge is 0.238 e. The van der Waals surface area contributed by atoms with Gasteiger partial charge in [-0.2, -0.15) is 0 Å². The van der Waals surface area contributed by atoms with Gasteiger partial charge in [0.1, 0.15) is 30.9 Å². The molecule has 1 aromatic rings. The number of rotatable bonds is 5. The molecule has 2 heterocycles. The first-order valence-electron chi connectivity index (χ1n) is 7.47. The molecule has 1 aromatic carbocycles. The lowest BCUT2D eigenvalue weighted by molar-refractivity contribution is 0.0168. The van der Waals surface area contributed by atoms with Gasteiger partial charge in [0.05, 0.1) is 15.6 Å². The number of hydrogen-bond acceptors (Lipinski definition) is 5. The molecule has 0 bridgehead atoms. The number of ether oxygens (including phenoxy) is 2. The molecule has 0 saturated carbocycles. The van der Waals surface area contributed by atoms with Crippen molar-refractivity contribution < 1.29 is 22.3 Å². The molecule has 9 heteroatoms. The molecule has 1 saturated heterocycles. The van der Waals surface area contributed by atoms with Gasteiger partial charge in [-0.05, 0) is 18.2 Å². The highest BCUT2D eigenvalue weighted by Gasteiger charge is 2.37. The topological polar surface area (TPSA) is 81.9 Å². The molecule has 0 atom stereocenters. The van der Waals surface area contributed by atoms with E-state index >= 15 is 0 Å². The summed E-state index contributed by atoms with van der Waals surface area (Å²) in [6, 6.07) is 3.87. The molecule has 3 rings (SSSR count). The SMILES string of the molecule is NS(=O)(=O)c1ccc(OCC2(F)CCN(C3=COC3)CC2)c(Cl)c1. The molecule has 6 nitrogen and oxygen atoms in total. The molecule has 132 valence electrons. The van der Waals surface area contributed by atoms with Gasteiger partial charge in [0.2, 0.25) is 10.0 Å². The highest BCUT2D eigenvalue weighted by atomic mass is 35.5. The van der Waals surface area contributed by atoms with E-state index in [1.165, 1.54) is 18.2 Å². The summed E-state index contributed by atoms with van der Waals surface area (Å²) < 4.78 is 47.9. The van der Waals surface area contributed by atoms with E-state index < -0.39 is 15.7 Å². The van der Waals surface area contributed by atoms with Crippen LogP contribution >= 0.6 is 11.6 Å². The Bertz CT molecular complexity index is 761. The quantitative estimate of drug-likeness (QED) is 0.850. The number of likely N-dealkylation sites (tertiary alicyclic amines) is 1. The number of halogens is 2.